The molecule has 0 radical (unpaired) electrons. The minimum atomic E-state index is -0.935. The van der Waals surface area contributed by atoms with Gasteiger partial charge in [0.1, 0.15) is 0 Å². The molecule has 0 saturated heterocycles. The van der Waals surface area contributed by atoms with Gasteiger partial charge in [0.05, 0.1) is 12.5 Å². The zero-order chi connectivity index (χ0) is 13.5. The van der Waals surface area contributed by atoms with Crippen molar-refractivity contribution < 1.29 is 14.7 Å². The van der Waals surface area contributed by atoms with Gasteiger partial charge in [-0.1, -0.05) is 28.1 Å². The molecular weight excluding hydrogens is 300 g/mol. The second kappa shape index (κ2) is 7.00. The highest BCUT2D eigenvalue weighted by Gasteiger charge is 2.09. The SMILES string of the molecule is CC(NC(=O)NCCC(=O)O)c1cccc(Br)c1. The van der Waals surface area contributed by atoms with Crippen molar-refractivity contribution in [1.29, 1.82) is 0 Å². The van der Waals surface area contributed by atoms with Crippen molar-refractivity contribution in [2.45, 2.75) is 19.4 Å². The third kappa shape index (κ3) is 5.18. The van der Waals surface area contributed by atoms with E-state index >= 15 is 0 Å². The standard InChI is InChI=1S/C12H15BrN2O3/c1-8(9-3-2-4-10(13)7-9)15-12(18)14-6-5-11(16)17/h2-4,7-8H,5-6H2,1H3,(H,16,17)(H2,14,15,18). The Hall–Kier alpha value is -1.56. The van der Waals surface area contributed by atoms with Gasteiger partial charge in [0.25, 0.3) is 0 Å². The Morgan fingerprint density at radius 2 is 2.17 bits per heavy atom. The van der Waals surface area contributed by atoms with Crippen LogP contribution < -0.4 is 10.6 Å². The summed E-state index contributed by atoms with van der Waals surface area (Å²) in [6, 6.07) is 7.11. The molecule has 3 N–H and O–H groups in total. The number of nitrogens with one attached hydrogen (secondary N) is 2. The molecular formula is C12H15BrN2O3. The summed E-state index contributed by atoms with van der Waals surface area (Å²) in [6.45, 7) is 1.98. The van der Waals surface area contributed by atoms with E-state index in [1.165, 1.54) is 0 Å². The van der Waals surface area contributed by atoms with Crippen molar-refractivity contribution in [3.05, 3.63) is 34.3 Å². The van der Waals surface area contributed by atoms with Crippen LogP contribution in [-0.2, 0) is 4.79 Å². The van der Waals surface area contributed by atoms with E-state index in [4.69, 9.17) is 5.11 Å². The monoisotopic (exact) mass is 314 g/mol. The molecule has 0 heterocycles. The number of amides is 2. The smallest absolute Gasteiger partial charge is 0.315 e. The quantitative estimate of drug-likeness (QED) is 0.780. The van der Waals surface area contributed by atoms with Crippen LogP contribution in [0.15, 0.2) is 28.7 Å². The normalized spacial score (nSPS) is 11.7. The number of carboxylic acids is 1. The zero-order valence-electron chi connectivity index (χ0n) is 9.94. The molecule has 1 aromatic carbocycles. The van der Waals surface area contributed by atoms with Crippen LogP contribution in [0.1, 0.15) is 24.9 Å². The number of halogens is 1. The fourth-order valence-electron chi connectivity index (χ4n) is 1.39. The van der Waals surface area contributed by atoms with Gasteiger partial charge < -0.3 is 15.7 Å². The summed E-state index contributed by atoms with van der Waals surface area (Å²) in [5.41, 5.74) is 0.970. The first-order valence-electron chi connectivity index (χ1n) is 5.50. The van der Waals surface area contributed by atoms with Crippen LogP contribution in [0.3, 0.4) is 0 Å². The minimum Gasteiger partial charge on any atom is -0.481 e. The molecule has 0 bridgehead atoms. The first-order valence-corrected chi connectivity index (χ1v) is 6.30. The van der Waals surface area contributed by atoms with E-state index in [0.717, 1.165) is 10.0 Å². The second-order valence-electron chi connectivity index (χ2n) is 3.82. The highest BCUT2D eigenvalue weighted by molar-refractivity contribution is 9.10. The lowest BCUT2D eigenvalue weighted by atomic mass is 10.1. The van der Waals surface area contributed by atoms with Crippen LogP contribution in [0.2, 0.25) is 0 Å². The topological polar surface area (TPSA) is 78.4 Å². The maximum absolute atomic E-state index is 11.5. The van der Waals surface area contributed by atoms with E-state index in [-0.39, 0.29) is 25.0 Å². The average Bonchev–Trinajstić information content (AvgIpc) is 2.28. The van der Waals surface area contributed by atoms with Crippen LogP contribution in [-0.4, -0.2) is 23.7 Å². The van der Waals surface area contributed by atoms with Crippen molar-refractivity contribution in [3.8, 4) is 0 Å². The Morgan fingerprint density at radius 1 is 1.44 bits per heavy atom. The summed E-state index contributed by atoms with van der Waals surface area (Å²) in [4.78, 5) is 21.8. The summed E-state index contributed by atoms with van der Waals surface area (Å²) in [6.07, 6.45) is -0.0846. The predicted octanol–water partition coefficient (Wildman–Crippen LogP) is 2.28. The second-order valence-corrected chi connectivity index (χ2v) is 4.74. The minimum absolute atomic E-state index is 0.0846. The summed E-state index contributed by atoms with van der Waals surface area (Å²) < 4.78 is 0.944. The molecule has 1 atom stereocenters. The first kappa shape index (κ1) is 14.5. The Morgan fingerprint density at radius 3 is 2.78 bits per heavy atom. The number of aliphatic carboxylic acids is 1. The van der Waals surface area contributed by atoms with Crippen molar-refractivity contribution in [1.82, 2.24) is 10.6 Å². The van der Waals surface area contributed by atoms with Crippen LogP contribution in [0, 0.1) is 0 Å². The van der Waals surface area contributed by atoms with Gasteiger partial charge in [-0.15, -0.1) is 0 Å². The fraction of sp³-hybridized carbons (Fsp3) is 0.333. The van der Waals surface area contributed by atoms with E-state index in [1.54, 1.807) is 0 Å². The molecule has 0 aliphatic rings. The van der Waals surface area contributed by atoms with Crippen molar-refractivity contribution in [2.75, 3.05) is 6.54 Å². The van der Waals surface area contributed by atoms with Gasteiger partial charge in [0.15, 0.2) is 0 Å². The molecule has 1 aromatic rings. The summed E-state index contributed by atoms with van der Waals surface area (Å²) in [5.74, 6) is -0.935. The molecule has 0 aliphatic heterocycles. The van der Waals surface area contributed by atoms with Crippen LogP contribution >= 0.6 is 15.9 Å². The maximum Gasteiger partial charge on any atom is 0.315 e. The van der Waals surface area contributed by atoms with Gasteiger partial charge in [-0.3, -0.25) is 4.79 Å². The predicted molar refractivity (Wildman–Crippen MR) is 71.3 cm³/mol. The van der Waals surface area contributed by atoms with Crippen LogP contribution in [0.25, 0.3) is 0 Å². The lowest BCUT2D eigenvalue weighted by Crippen LogP contribution is -2.38. The van der Waals surface area contributed by atoms with Gasteiger partial charge in [-0.05, 0) is 24.6 Å². The lowest BCUT2D eigenvalue weighted by Gasteiger charge is -2.15. The summed E-state index contributed by atoms with van der Waals surface area (Å²) >= 11 is 3.36. The van der Waals surface area contributed by atoms with Crippen molar-refractivity contribution >= 4 is 27.9 Å². The number of carboxylic acid groups (broad SMARTS) is 1. The van der Waals surface area contributed by atoms with Crippen molar-refractivity contribution in [3.63, 3.8) is 0 Å². The molecule has 0 fully saturated rings. The third-order valence-corrected chi connectivity index (χ3v) is 2.81. The highest BCUT2D eigenvalue weighted by Crippen LogP contribution is 2.17. The molecule has 0 saturated carbocycles. The van der Waals surface area contributed by atoms with Gasteiger partial charge in [-0.25, -0.2) is 4.79 Å². The maximum atomic E-state index is 11.5. The molecule has 18 heavy (non-hydrogen) atoms. The van der Waals surface area contributed by atoms with E-state index in [9.17, 15) is 9.59 Å². The van der Waals surface area contributed by atoms with Gasteiger partial charge in [0.2, 0.25) is 0 Å². The van der Waals surface area contributed by atoms with Crippen LogP contribution in [0.5, 0.6) is 0 Å². The van der Waals surface area contributed by atoms with Gasteiger partial charge in [0, 0.05) is 11.0 Å². The Bertz CT molecular complexity index is 437. The molecule has 0 spiro atoms. The Balaban J connectivity index is 2.42. The Kier molecular flexibility index (Phi) is 5.64. The number of benzene rings is 1. The third-order valence-electron chi connectivity index (χ3n) is 2.32. The Labute approximate surface area is 114 Å². The molecule has 6 heteroatoms. The molecule has 98 valence electrons. The highest BCUT2D eigenvalue weighted by atomic mass is 79.9. The summed E-state index contributed by atoms with van der Waals surface area (Å²) in [7, 11) is 0. The van der Waals surface area contributed by atoms with Gasteiger partial charge >= 0.3 is 12.0 Å². The largest absolute Gasteiger partial charge is 0.481 e. The number of urea groups is 1. The first-order chi connectivity index (χ1) is 8.49. The van der Waals surface area contributed by atoms with Crippen molar-refractivity contribution in [2.24, 2.45) is 0 Å². The number of hydrogen-bond acceptors (Lipinski definition) is 2. The fourth-order valence-corrected chi connectivity index (χ4v) is 1.81. The summed E-state index contributed by atoms with van der Waals surface area (Å²) in [5, 5.41) is 13.7. The van der Waals surface area contributed by atoms with E-state index in [1.807, 2.05) is 31.2 Å². The molecule has 1 rings (SSSR count). The number of carbonyl (C=O) groups excluding carboxylic acids is 1. The molecule has 1 unspecified atom stereocenters. The molecule has 0 aliphatic carbocycles. The molecule has 0 aromatic heterocycles. The average molecular weight is 315 g/mol. The van der Waals surface area contributed by atoms with Crippen LogP contribution in [0.4, 0.5) is 4.79 Å². The van der Waals surface area contributed by atoms with E-state index in [0.29, 0.717) is 0 Å². The molecule has 2 amide bonds. The van der Waals surface area contributed by atoms with E-state index < -0.39 is 5.97 Å². The lowest BCUT2D eigenvalue weighted by molar-refractivity contribution is -0.136. The van der Waals surface area contributed by atoms with E-state index in [2.05, 4.69) is 26.6 Å². The zero-order valence-corrected chi connectivity index (χ0v) is 11.5. The number of rotatable bonds is 5. The molecule has 5 nitrogen and oxygen atoms in total. The number of hydrogen-bond donors (Lipinski definition) is 3. The van der Waals surface area contributed by atoms with Gasteiger partial charge in [-0.2, -0.15) is 0 Å². The number of carbonyl (C=O) groups is 2.